The van der Waals surface area contributed by atoms with Gasteiger partial charge < -0.3 is 36.6 Å². The number of nitrogens with zero attached hydrogens (tertiary/aromatic N) is 2. The summed E-state index contributed by atoms with van der Waals surface area (Å²) in [5, 5.41) is 29.0. The predicted octanol–water partition coefficient (Wildman–Crippen LogP) is 6.77. The summed E-state index contributed by atoms with van der Waals surface area (Å²) in [7, 11) is -8.98. The Labute approximate surface area is 524 Å². The topological polar surface area (TPSA) is 336 Å². The highest BCUT2D eigenvalue weighted by atomic mass is 32.2. The van der Waals surface area contributed by atoms with Crippen molar-refractivity contribution in [2.75, 3.05) is 31.1 Å². The zero-order valence-electron chi connectivity index (χ0n) is 51.2. The van der Waals surface area contributed by atoms with Gasteiger partial charge >= 0.3 is 5.97 Å². The van der Waals surface area contributed by atoms with Crippen molar-refractivity contribution in [3.05, 3.63) is 150 Å². The van der Waals surface area contributed by atoms with Crippen molar-refractivity contribution < 1.29 is 64.6 Å². The van der Waals surface area contributed by atoms with Gasteiger partial charge in [0.2, 0.25) is 29.5 Å². The van der Waals surface area contributed by atoms with E-state index in [9.17, 15) is 64.6 Å². The lowest BCUT2D eigenvalue weighted by molar-refractivity contribution is -0.144. The molecule has 3 aliphatic rings. The number of aliphatic imine (C=N–C) groups is 1. The van der Waals surface area contributed by atoms with Crippen LogP contribution in [0.25, 0.3) is 21.5 Å². The van der Waals surface area contributed by atoms with Gasteiger partial charge in [0, 0.05) is 60.4 Å². The third-order valence-corrected chi connectivity index (χ3v) is 18.6. The first-order valence-corrected chi connectivity index (χ1v) is 32.9. The monoisotopic (exact) mass is 1270 g/mol. The molecule has 8 rings (SSSR count). The van der Waals surface area contributed by atoms with Gasteiger partial charge in [-0.3, -0.25) is 53.0 Å². The summed E-state index contributed by atoms with van der Waals surface area (Å²) in [4.78, 5) is 100. The number of carbonyl (C=O) groups excluding carboxylic acids is 6. The summed E-state index contributed by atoms with van der Waals surface area (Å²) in [6.45, 7) is 12.3. The van der Waals surface area contributed by atoms with E-state index in [-0.39, 0.29) is 35.1 Å². The number of anilines is 1. The second-order valence-corrected chi connectivity index (χ2v) is 26.8. The Morgan fingerprint density at radius 2 is 1.41 bits per heavy atom. The number of carbonyl (C=O) groups is 7. The molecule has 5 aromatic carbocycles. The van der Waals surface area contributed by atoms with E-state index in [0.717, 1.165) is 39.0 Å². The lowest BCUT2D eigenvalue weighted by atomic mass is 9.75. The van der Waals surface area contributed by atoms with Crippen molar-refractivity contribution in [1.82, 2.24) is 31.9 Å². The third-order valence-electron chi connectivity index (χ3n) is 16.9. The minimum atomic E-state index is -4.53. The van der Waals surface area contributed by atoms with Gasteiger partial charge in [0.25, 0.3) is 20.2 Å². The summed E-state index contributed by atoms with van der Waals surface area (Å²) in [5.41, 5.74) is 1.53. The zero-order valence-corrected chi connectivity index (χ0v) is 52.8. The van der Waals surface area contributed by atoms with Crippen molar-refractivity contribution in [1.29, 1.82) is 0 Å². The van der Waals surface area contributed by atoms with E-state index in [0.29, 0.717) is 61.5 Å². The minimum absolute atomic E-state index is 0.0533. The molecule has 2 saturated heterocycles. The van der Waals surface area contributed by atoms with Crippen LogP contribution in [0, 0.1) is 0 Å². The Kier molecular flexibility index (Phi) is 21.1. The number of carboxylic acids is 1. The first-order valence-electron chi connectivity index (χ1n) is 30.0. The quantitative estimate of drug-likeness (QED) is 0.0149. The number of allylic oxidation sites excluding steroid dienone is 6. The molecular weight excluding hydrogens is 1190 g/mol. The van der Waals surface area contributed by atoms with Gasteiger partial charge in [-0.1, -0.05) is 119 Å². The van der Waals surface area contributed by atoms with Crippen LogP contribution in [0.3, 0.4) is 0 Å². The van der Waals surface area contributed by atoms with Crippen molar-refractivity contribution >= 4 is 94.5 Å². The number of piperazine rings is 1. The average molecular weight is 1270 g/mol. The van der Waals surface area contributed by atoms with Gasteiger partial charge in [0.05, 0.1) is 34.3 Å². The molecule has 0 aliphatic carbocycles. The lowest BCUT2D eigenvalue weighted by Crippen LogP contribution is -2.74. The number of carboxylic acid groups (broad SMARTS) is 1. The number of hydrogen-bond acceptors (Lipinski definition) is 14. The van der Waals surface area contributed by atoms with Gasteiger partial charge in [-0.25, -0.2) is 0 Å². The van der Waals surface area contributed by atoms with Gasteiger partial charge in [0.1, 0.15) is 18.1 Å². The summed E-state index contributed by atoms with van der Waals surface area (Å²) in [6.07, 6.45) is 11.4. The number of Topliss-reactive ketones (excluding diaryl/α,β-unsaturated/α-hetero) is 1. The SMILES string of the molecule is CCN=C(/C=C/C=C/C=C1/N(CCCCCC(=O)NCCCC[C@@H]2NC(=O)[C@@H]3NC(=O)[C@H](CC(=O)O)NC3(c3ccccc3)CC(=O)CNC(=O)[C@H](C)NC2=O)c2ccc3ccc(S(=O)(=O)O)cc3c2C1(C)C)C(C)(C)c1cccc2ccc(S(=O)(=O)O)cc12. The average Bonchev–Trinajstić information content (AvgIpc) is 1.52. The van der Waals surface area contributed by atoms with Gasteiger partial charge in [0.15, 0.2) is 5.78 Å². The molecule has 24 heteroatoms. The smallest absolute Gasteiger partial charge is 0.305 e. The van der Waals surface area contributed by atoms with Crippen molar-refractivity contribution in [3.63, 3.8) is 0 Å². The molecule has 22 nitrogen and oxygen atoms in total. The van der Waals surface area contributed by atoms with Crippen LogP contribution in [-0.2, 0) is 70.2 Å². The van der Waals surface area contributed by atoms with E-state index in [1.165, 1.54) is 31.2 Å². The van der Waals surface area contributed by atoms with Gasteiger partial charge in [-0.05, 0) is 127 Å². The number of unbranched alkanes of at least 4 members (excludes halogenated alkanes) is 3. The molecule has 9 N–H and O–H groups in total. The normalized spacial score (nSPS) is 21.7. The third kappa shape index (κ3) is 15.4. The Balaban J connectivity index is 0.920. The van der Waals surface area contributed by atoms with Crippen molar-refractivity contribution in [2.45, 2.75) is 150 Å². The number of nitrogens with one attached hydrogen (secondary N) is 6. The molecule has 5 amide bonds. The fourth-order valence-corrected chi connectivity index (χ4v) is 13.4. The van der Waals surface area contributed by atoms with Gasteiger partial charge in [-0.2, -0.15) is 16.8 Å². The Morgan fingerprint density at radius 1 is 0.744 bits per heavy atom. The first-order chi connectivity index (χ1) is 42.6. The molecule has 0 aromatic heterocycles. The Morgan fingerprint density at radius 3 is 2.09 bits per heavy atom. The van der Waals surface area contributed by atoms with E-state index in [1.807, 2.05) is 81.5 Å². The van der Waals surface area contributed by atoms with Crippen LogP contribution >= 0.6 is 0 Å². The highest BCUT2D eigenvalue weighted by Gasteiger charge is 2.53. The van der Waals surface area contributed by atoms with Crippen molar-refractivity contribution in [2.24, 2.45) is 4.99 Å². The molecular formula is C66H78N8O14S2. The molecule has 0 bridgehead atoms. The van der Waals surface area contributed by atoms with Gasteiger partial charge in [-0.15, -0.1) is 0 Å². The molecule has 3 heterocycles. The highest BCUT2D eigenvalue weighted by molar-refractivity contribution is 7.86. The second-order valence-electron chi connectivity index (χ2n) is 24.0. The molecule has 2 fully saturated rings. The number of rotatable bonds is 22. The molecule has 3 aliphatic heterocycles. The Bertz CT molecular complexity index is 3980. The molecule has 5 atom stereocenters. The second kappa shape index (κ2) is 28.2. The zero-order chi connectivity index (χ0) is 65.3. The number of aliphatic carboxylic acids is 1. The maximum Gasteiger partial charge on any atom is 0.305 e. The van der Waals surface area contributed by atoms with Crippen molar-refractivity contribution in [3.8, 4) is 0 Å². The lowest BCUT2D eigenvalue weighted by Gasteiger charge is -2.47. The molecule has 0 radical (unpaired) electrons. The number of hydrogen-bond donors (Lipinski definition) is 9. The summed E-state index contributed by atoms with van der Waals surface area (Å²) in [5.74, 6) is -5.02. The summed E-state index contributed by atoms with van der Waals surface area (Å²) < 4.78 is 69.1. The molecule has 0 spiro atoms. The molecule has 1 unspecified atom stereocenters. The standard InChI is InChI=1S/C66H78N8O14S2/c1-7-67-54(64(3,4)50-23-19-20-42-28-31-46(36-48(42)50)89(83,84)85)25-13-9-14-26-55-65(5,6)58-49-37-47(90(86,87)88)32-29-43(49)30-33-53(58)74(55)35-18-10-15-27-56(76)68-34-17-16-24-51-61(80)70-41(2)60(79)69-40-45(75)39-66(44-21-11-8-12-22-44)59(63(82)71-51)72-62(81)52(73-66)38-57(77)78/h8-9,11-14,19-23,25-26,28-33,36-37,41,51-52,59,73H,7,10,15-18,24,27,34-35,38-40H2,1-6H3,(H,68,76)(H,69,79)(H,70,80)(H,71,82)(H,72,81)(H,77,78)(H,83,84,85)(H,86,87,88)/b14-9+,25-13+,55-26+,67-54?/t41-,51-,52-,59-,66?/m0/s1. The number of ketones is 1. The number of benzene rings is 5. The van der Waals surface area contributed by atoms with Crippen LogP contribution in [-0.4, -0.2) is 128 Å². The molecule has 5 aromatic rings. The predicted molar refractivity (Wildman–Crippen MR) is 342 cm³/mol. The molecule has 90 heavy (non-hydrogen) atoms. The van der Waals surface area contributed by atoms with Crippen LogP contribution in [0.1, 0.15) is 116 Å². The fraction of sp³-hybridized carbons (Fsp3) is 0.394. The fourth-order valence-electron chi connectivity index (χ4n) is 12.4. The Hall–Kier alpha value is -8.42. The molecule has 0 saturated carbocycles. The van der Waals surface area contributed by atoms with Crippen LogP contribution < -0.4 is 36.8 Å². The maximum atomic E-state index is 14.4. The van der Waals surface area contributed by atoms with E-state index < -0.39 is 116 Å². The highest BCUT2D eigenvalue weighted by Crippen LogP contribution is 2.51. The molecule has 478 valence electrons. The van der Waals surface area contributed by atoms with E-state index >= 15 is 0 Å². The number of amides is 5. The van der Waals surface area contributed by atoms with E-state index in [1.54, 1.807) is 42.5 Å². The minimum Gasteiger partial charge on any atom is -0.481 e. The first kappa shape index (κ1) is 67.5. The van der Waals surface area contributed by atoms with Crippen LogP contribution in [0.2, 0.25) is 0 Å². The van der Waals surface area contributed by atoms with Crippen LogP contribution in [0.4, 0.5) is 5.69 Å². The summed E-state index contributed by atoms with van der Waals surface area (Å²) >= 11 is 0. The number of fused-ring (bicyclic) bond motifs is 5. The summed E-state index contributed by atoms with van der Waals surface area (Å²) in [6, 6.07) is 21.7. The van der Waals surface area contributed by atoms with E-state index in [2.05, 4.69) is 50.6 Å². The van der Waals surface area contributed by atoms with E-state index in [4.69, 9.17) is 4.99 Å². The van der Waals surface area contributed by atoms with Crippen LogP contribution in [0.15, 0.2) is 148 Å². The van der Waals surface area contributed by atoms with Crippen LogP contribution in [0.5, 0.6) is 0 Å². The maximum absolute atomic E-state index is 14.4. The largest absolute Gasteiger partial charge is 0.481 e.